The van der Waals surface area contributed by atoms with E-state index in [9.17, 15) is 4.39 Å². The van der Waals surface area contributed by atoms with Crippen molar-refractivity contribution in [2.45, 2.75) is 12.8 Å². The van der Waals surface area contributed by atoms with Gasteiger partial charge in [0, 0.05) is 5.92 Å². The lowest BCUT2D eigenvalue weighted by molar-refractivity contribution is 0.627. The Bertz CT molecular complexity index is 635. The van der Waals surface area contributed by atoms with E-state index in [0.717, 1.165) is 16.7 Å². The molecule has 0 aliphatic carbocycles. The molecule has 21 heavy (non-hydrogen) atoms. The van der Waals surface area contributed by atoms with Gasteiger partial charge in [-0.2, -0.15) is 0 Å². The van der Waals surface area contributed by atoms with E-state index in [2.05, 4.69) is 31.2 Å². The van der Waals surface area contributed by atoms with Crippen molar-refractivity contribution in [1.82, 2.24) is 0 Å². The largest absolute Gasteiger partial charge is 0.207 e. The first kappa shape index (κ1) is 12.3. The molecule has 1 unspecified atom stereocenters. The fraction of sp³-hybridized carbons (Fsp3) is 0.100. The second kappa shape index (κ2) is 5.92. The molecule has 0 radical (unpaired) electrons. The summed E-state index contributed by atoms with van der Waals surface area (Å²) >= 11 is 0. The van der Waals surface area contributed by atoms with Crippen LogP contribution in [0.25, 0.3) is 0 Å². The van der Waals surface area contributed by atoms with Crippen LogP contribution in [0.2, 0.25) is 0 Å². The van der Waals surface area contributed by atoms with Gasteiger partial charge in [-0.3, -0.25) is 0 Å². The number of hydrogen-bond donors (Lipinski definition) is 0. The number of halogens is 1. The molecule has 0 saturated carbocycles. The van der Waals surface area contributed by atoms with Crippen LogP contribution in [0.4, 0.5) is 4.39 Å². The van der Waals surface area contributed by atoms with Crippen LogP contribution in [-0.4, -0.2) is 0 Å². The number of rotatable bonds is 3. The monoisotopic (exact) mass is 277 g/mol. The van der Waals surface area contributed by atoms with Gasteiger partial charge in [-0.25, -0.2) is 4.39 Å². The lowest BCUT2D eigenvalue weighted by atomic mass is 9.85. The summed E-state index contributed by atoms with van der Waals surface area (Å²) in [5, 5.41) is 0. The molecule has 0 nitrogen and oxygen atoms in total. The van der Waals surface area contributed by atoms with Crippen molar-refractivity contribution in [2.75, 3.05) is 0 Å². The van der Waals surface area contributed by atoms with Crippen LogP contribution in [0.15, 0.2) is 78.8 Å². The molecule has 0 aliphatic rings. The van der Waals surface area contributed by atoms with Gasteiger partial charge in [0.2, 0.25) is 0 Å². The van der Waals surface area contributed by atoms with E-state index in [1.54, 1.807) is 12.1 Å². The highest BCUT2D eigenvalue weighted by Gasteiger charge is 2.16. The Hall–Kier alpha value is -2.41. The van der Waals surface area contributed by atoms with E-state index >= 15 is 0 Å². The summed E-state index contributed by atoms with van der Waals surface area (Å²) in [7, 11) is 0. The molecule has 1 heteroatoms. The highest BCUT2D eigenvalue weighted by Crippen LogP contribution is 2.31. The second-order valence-corrected chi connectivity index (χ2v) is 5.23. The molecule has 3 rings (SSSR count). The first-order chi connectivity index (χ1) is 10.6. The van der Waals surface area contributed by atoms with Crippen molar-refractivity contribution in [1.29, 1.82) is 0 Å². The SMILES string of the molecule is [2H]c1ccc(C(c2ccc(C)cc2)c2ccc(F)cc2)cc1. The highest BCUT2D eigenvalue weighted by molar-refractivity contribution is 5.43. The molecule has 1 atom stereocenters. The molecule has 0 spiro atoms. The van der Waals surface area contributed by atoms with Gasteiger partial charge < -0.3 is 0 Å². The quantitative estimate of drug-likeness (QED) is 0.569. The maximum absolute atomic E-state index is 13.2. The van der Waals surface area contributed by atoms with Crippen LogP contribution in [0, 0.1) is 12.7 Å². The number of benzene rings is 3. The van der Waals surface area contributed by atoms with Crippen LogP contribution in [0.5, 0.6) is 0 Å². The van der Waals surface area contributed by atoms with E-state index < -0.39 is 0 Å². The van der Waals surface area contributed by atoms with Crippen LogP contribution in [-0.2, 0) is 0 Å². The molecule has 3 aromatic rings. The van der Waals surface area contributed by atoms with E-state index in [4.69, 9.17) is 1.37 Å². The third kappa shape index (κ3) is 3.03. The normalized spacial score (nSPS) is 12.8. The van der Waals surface area contributed by atoms with Gasteiger partial charge in [0.15, 0.2) is 0 Å². The topological polar surface area (TPSA) is 0 Å². The van der Waals surface area contributed by atoms with Gasteiger partial charge in [0.05, 0.1) is 1.37 Å². The summed E-state index contributed by atoms with van der Waals surface area (Å²) < 4.78 is 20.9. The molecular formula is C20H17F. The van der Waals surface area contributed by atoms with E-state index in [1.165, 1.54) is 17.7 Å². The Morgan fingerprint density at radius 1 is 0.762 bits per heavy atom. The first-order valence-electron chi connectivity index (χ1n) is 7.52. The summed E-state index contributed by atoms with van der Waals surface area (Å²) in [6, 6.07) is 23.1. The summed E-state index contributed by atoms with van der Waals surface area (Å²) in [4.78, 5) is 0. The van der Waals surface area contributed by atoms with Gasteiger partial charge in [0.1, 0.15) is 5.82 Å². The average molecular weight is 277 g/mol. The Morgan fingerprint density at radius 3 is 1.81 bits per heavy atom. The third-order valence-electron chi connectivity index (χ3n) is 3.69. The highest BCUT2D eigenvalue weighted by atomic mass is 19.1. The molecule has 0 bridgehead atoms. The van der Waals surface area contributed by atoms with Crippen molar-refractivity contribution in [3.63, 3.8) is 0 Å². The maximum Gasteiger partial charge on any atom is 0.123 e. The van der Waals surface area contributed by atoms with E-state index in [1.807, 2.05) is 24.3 Å². The summed E-state index contributed by atoms with van der Waals surface area (Å²) in [5.41, 5.74) is 4.52. The molecular weight excluding hydrogens is 259 g/mol. The van der Waals surface area contributed by atoms with Crippen molar-refractivity contribution < 1.29 is 5.76 Å². The van der Waals surface area contributed by atoms with Crippen LogP contribution >= 0.6 is 0 Å². The number of hydrogen-bond acceptors (Lipinski definition) is 0. The maximum atomic E-state index is 13.2. The zero-order valence-electron chi connectivity index (χ0n) is 12.9. The molecule has 0 N–H and O–H groups in total. The molecule has 0 aromatic heterocycles. The average Bonchev–Trinajstić information content (AvgIpc) is 2.53. The zero-order valence-corrected chi connectivity index (χ0v) is 11.9. The predicted octanol–water partition coefficient (Wildman–Crippen LogP) is 5.31. The summed E-state index contributed by atoms with van der Waals surface area (Å²) in [5.74, 6) is -0.185. The predicted molar refractivity (Wildman–Crippen MR) is 85.0 cm³/mol. The van der Waals surface area contributed by atoms with Gasteiger partial charge in [-0.05, 0) is 35.7 Å². The van der Waals surface area contributed by atoms with E-state index in [0.29, 0.717) is 6.04 Å². The summed E-state index contributed by atoms with van der Waals surface area (Å²) in [6.45, 7) is 2.06. The fourth-order valence-electron chi connectivity index (χ4n) is 2.58. The molecule has 0 amide bonds. The lowest BCUT2D eigenvalue weighted by Crippen LogP contribution is -2.03. The molecule has 0 aliphatic heterocycles. The summed E-state index contributed by atoms with van der Waals surface area (Å²) in [6.07, 6.45) is 0. The Kier molecular flexibility index (Phi) is 3.48. The van der Waals surface area contributed by atoms with Crippen LogP contribution in [0.1, 0.15) is 29.5 Å². The molecule has 0 saturated heterocycles. The van der Waals surface area contributed by atoms with Gasteiger partial charge in [0.25, 0.3) is 0 Å². The molecule has 104 valence electrons. The lowest BCUT2D eigenvalue weighted by Gasteiger charge is -2.19. The Morgan fingerprint density at radius 2 is 1.24 bits per heavy atom. The first-order valence-corrected chi connectivity index (χ1v) is 7.02. The van der Waals surface area contributed by atoms with Crippen molar-refractivity contribution in [3.8, 4) is 0 Å². The Labute approximate surface area is 126 Å². The fourth-order valence-corrected chi connectivity index (χ4v) is 2.58. The van der Waals surface area contributed by atoms with Gasteiger partial charge in [-0.15, -0.1) is 0 Å². The molecule has 0 fully saturated rings. The minimum atomic E-state index is -0.229. The zero-order chi connectivity index (χ0) is 15.5. The molecule has 0 heterocycles. The van der Waals surface area contributed by atoms with Crippen LogP contribution in [0.3, 0.4) is 0 Å². The molecule has 3 aromatic carbocycles. The smallest absolute Gasteiger partial charge is 0.123 e. The van der Waals surface area contributed by atoms with Crippen molar-refractivity contribution in [2.24, 2.45) is 0 Å². The minimum Gasteiger partial charge on any atom is -0.207 e. The minimum absolute atomic E-state index is 0.0433. The van der Waals surface area contributed by atoms with Crippen molar-refractivity contribution in [3.05, 3.63) is 107 Å². The third-order valence-corrected chi connectivity index (χ3v) is 3.69. The second-order valence-electron chi connectivity index (χ2n) is 5.23. The van der Waals surface area contributed by atoms with Gasteiger partial charge >= 0.3 is 0 Å². The number of aryl methyl sites for hydroxylation is 1. The van der Waals surface area contributed by atoms with Gasteiger partial charge in [-0.1, -0.05) is 72.3 Å². The standard InChI is InChI=1S/C20H17F/c1-15-7-9-17(10-8-15)20(16-5-3-2-4-6-16)18-11-13-19(21)14-12-18/h2-14,20H,1H3/i2D. The van der Waals surface area contributed by atoms with E-state index in [-0.39, 0.29) is 11.7 Å². The van der Waals surface area contributed by atoms with Crippen LogP contribution < -0.4 is 0 Å². The Balaban J connectivity index is 2.10. The van der Waals surface area contributed by atoms with Crippen molar-refractivity contribution >= 4 is 0 Å².